The summed E-state index contributed by atoms with van der Waals surface area (Å²) in [5.74, 6) is 0. The van der Waals surface area contributed by atoms with Crippen LogP contribution in [0.2, 0.25) is 0 Å². The van der Waals surface area contributed by atoms with Crippen LogP contribution >= 0.6 is 8.53 Å². The largest absolute Gasteiger partial charge is 0.351 e. The highest BCUT2D eigenvalue weighted by atomic mass is 31.2. The molecule has 1 aliphatic heterocycles. The van der Waals surface area contributed by atoms with Crippen molar-refractivity contribution in [1.82, 2.24) is 14.2 Å². The molecule has 0 saturated carbocycles. The summed E-state index contributed by atoms with van der Waals surface area (Å²) < 4.78 is 39.3. The van der Waals surface area contributed by atoms with Gasteiger partial charge in [-0.2, -0.15) is 5.26 Å². The summed E-state index contributed by atoms with van der Waals surface area (Å²) in [6.45, 7) is 19.1. The van der Waals surface area contributed by atoms with E-state index in [1.807, 2.05) is 40.7 Å². The van der Waals surface area contributed by atoms with E-state index in [4.69, 9.17) is 39.8 Å². The summed E-state index contributed by atoms with van der Waals surface area (Å²) in [6, 6.07) is 3.43. The van der Waals surface area contributed by atoms with Crippen LogP contribution in [0.1, 0.15) is 60.6 Å². The van der Waals surface area contributed by atoms with E-state index in [0.717, 1.165) is 0 Å². The molecular formula is C25H40N5O8P. The monoisotopic (exact) mass is 569 g/mol. The first kappa shape index (κ1) is 33.0. The van der Waals surface area contributed by atoms with E-state index in [-0.39, 0.29) is 51.3 Å². The summed E-state index contributed by atoms with van der Waals surface area (Å²) in [7, 11) is -1.63. The van der Waals surface area contributed by atoms with E-state index in [2.05, 4.69) is 14.5 Å². The van der Waals surface area contributed by atoms with Gasteiger partial charge in [0.2, 0.25) is 6.54 Å². The molecule has 218 valence electrons. The number of H-pyrrole nitrogens is 1. The Morgan fingerprint density at radius 2 is 1.95 bits per heavy atom. The van der Waals surface area contributed by atoms with Crippen LogP contribution in [-0.4, -0.2) is 77.5 Å². The molecular weight excluding hydrogens is 529 g/mol. The van der Waals surface area contributed by atoms with Crippen LogP contribution in [0.25, 0.3) is 4.85 Å². The first-order valence-electron chi connectivity index (χ1n) is 13.0. The lowest BCUT2D eigenvalue weighted by Crippen LogP contribution is -2.42. The number of rotatable bonds is 17. The van der Waals surface area contributed by atoms with Gasteiger partial charge in [-0.25, -0.2) is 16.0 Å². The second-order valence-electron chi connectivity index (χ2n) is 9.49. The van der Waals surface area contributed by atoms with E-state index in [0.29, 0.717) is 6.42 Å². The van der Waals surface area contributed by atoms with Crippen LogP contribution < -0.4 is 11.2 Å². The zero-order valence-corrected chi connectivity index (χ0v) is 24.3. The van der Waals surface area contributed by atoms with Crippen LogP contribution in [0, 0.1) is 17.9 Å². The molecule has 1 aliphatic rings. The van der Waals surface area contributed by atoms with Crippen molar-refractivity contribution in [2.45, 2.75) is 97.1 Å². The number of ether oxygens (including phenoxy) is 4. The second-order valence-corrected chi connectivity index (χ2v) is 10.9. The van der Waals surface area contributed by atoms with Crippen molar-refractivity contribution in [2.75, 3.05) is 26.7 Å². The van der Waals surface area contributed by atoms with Gasteiger partial charge >= 0.3 is 5.69 Å². The summed E-state index contributed by atoms with van der Waals surface area (Å²) in [5, 5.41) is 8.78. The zero-order chi connectivity index (χ0) is 28.9. The first-order chi connectivity index (χ1) is 18.6. The van der Waals surface area contributed by atoms with Crippen molar-refractivity contribution in [3.63, 3.8) is 0 Å². The van der Waals surface area contributed by atoms with Crippen molar-refractivity contribution in [1.29, 1.82) is 5.26 Å². The van der Waals surface area contributed by atoms with Crippen LogP contribution in [0.5, 0.6) is 0 Å². The smallest absolute Gasteiger partial charge is 0.330 e. The van der Waals surface area contributed by atoms with Crippen molar-refractivity contribution >= 4 is 8.53 Å². The Hall–Kier alpha value is -2.19. The number of aromatic amines is 1. The lowest BCUT2D eigenvalue weighted by Gasteiger charge is -2.38. The number of hydrogen-bond donors (Lipinski definition) is 1. The Morgan fingerprint density at radius 3 is 2.54 bits per heavy atom. The van der Waals surface area contributed by atoms with Crippen LogP contribution in [-0.2, 0) is 28.0 Å². The van der Waals surface area contributed by atoms with Gasteiger partial charge in [0.05, 0.1) is 24.7 Å². The molecule has 3 unspecified atom stereocenters. The molecule has 2 heterocycles. The molecule has 1 aromatic rings. The van der Waals surface area contributed by atoms with Gasteiger partial charge < -0.3 is 32.8 Å². The fourth-order valence-corrected chi connectivity index (χ4v) is 5.86. The Morgan fingerprint density at radius 1 is 1.23 bits per heavy atom. The number of aromatic nitrogens is 2. The molecule has 0 aromatic carbocycles. The predicted octanol–water partition coefficient (Wildman–Crippen LogP) is 3.15. The highest BCUT2D eigenvalue weighted by Crippen LogP contribution is 2.50. The standard InChI is InChI=1S/C25H40N5O8P/c1-8-20-22(38-39(36-14-12-27-7)30(17(2)3)18(4)5)23(35-16-33-15-34-19(6)9-11-26)24(37-20)29-13-10-21(31)28-25(29)32/h10,13,17-20,22-24H,8-9,12,14-16H2,1-6H3,(H,28,31,32)/t19?,20-,22?,23+,24-,39?/m1/s1. The fraction of sp³-hybridized carbons (Fsp3) is 0.760. The first-order valence-corrected chi connectivity index (χ1v) is 14.1. The van der Waals surface area contributed by atoms with Crippen LogP contribution in [0.4, 0.5) is 0 Å². The summed E-state index contributed by atoms with van der Waals surface area (Å²) in [5.41, 5.74) is -1.17. The number of nitrogens with zero attached hydrogens (tertiary/aromatic N) is 4. The molecule has 39 heavy (non-hydrogen) atoms. The van der Waals surface area contributed by atoms with E-state index in [1.54, 1.807) is 6.92 Å². The highest BCUT2D eigenvalue weighted by Gasteiger charge is 2.49. The third-order valence-corrected chi connectivity index (χ3v) is 7.96. The molecule has 0 spiro atoms. The van der Waals surface area contributed by atoms with Gasteiger partial charge in [-0.1, -0.05) is 6.92 Å². The second kappa shape index (κ2) is 16.8. The molecule has 6 atom stereocenters. The Bertz CT molecular complexity index is 1060. The van der Waals surface area contributed by atoms with Gasteiger partial charge in [-0.15, -0.1) is 0 Å². The minimum Gasteiger partial charge on any atom is -0.351 e. The van der Waals surface area contributed by atoms with Crippen LogP contribution in [0.3, 0.4) is 0 Å². The normalized spacial score (nSPS) is 22.7. The van der Waals surface area contributed by atoms with E-state index >= 15 is 0 Å². The molecule has 1 fully saturated rings. The van der Waals surface area contributed by atoms with E-state index in [1.165, 1.54) is 16.8 Å². The molecule has 1 aromatic heterocycles. The number of hydrogen-bond acceptors (Lipinski definition) is 10. The van der Waals surface area contributed by atoms with Gasteiger partial charge in [-0.3, -0.25) is 14.3 Å². The van der Waals surface area contributed by atoms with Crippen molar-refractivity contribution < 1.29 is 28.0 Å². The quantitative estimate of drug-likeness (QED) is 0.129. The molecule has 2 rings (SSSR count). The predicted molar refractivity (Wildman–Crippen MR) is 143 cm³/mol. The Balaban J connectivity index is 2.34. The fourth-order valence-electron chi connectivity index (χ4n) is 4.10. The molecule has 1 saturated heterocycles. The summed E-state index contributed by atoms with van der Waals surface area (Å²) in [6.07, 6.45) is -1.04. The Kier molecular flexibility index (Phi) is 14.2. The average Bonchev–Trinajstić information content (AvgIpc) is 3.20. The zero-order valence-electron chi connectivity index (χ0n) is 23.4. The maximum absolute atomic E-state index is 12.7. The van der Waals surface area contributed by atoms with E-state index < -0.39 is 44.3 Å². The van der Waals surface area contributed by atoms with Crippen molar-refractivity contribution in [3.05, 3.63) is 44.5 Å². The molecule has 0 aliphatic carbocycles. The average molecular weight is 570 g/mol. The minimum atomic E-state index is -1.63. The SMILES string of the molecule is [C-]#[N+]CCOP(OC1[C@@H](CC)O[C@@H](n2ccc(=O)[nH]c2=O)[C@H]1OCOCOC(C)CC#N)N(C(C)C)C(C)C. The van der Waals surface area contributed by atoms with E-state index in [9.17, 15) is 9.59 Å². The maximum atomic E-state index is 12.7. The van der Waals surface area contributed by atoms with Crippen molar-refractivity contribution in [3.8, 4) is 6.07 Å². The van der Waals surface area contributed by atoms with Gasteiger partial charge in [0, 0.05) is 24.3 Å². The molecule has 13 nitrogen and oxygen atoms in total. The number of nitrogens with one attached hydrogen (secondary N) is 1. The third kappa shape index (κ3) is 9.75. The molecule has 0 amide bonds. The molecule has 14 heteroatoms. The molecule has 0 radical (unpaired) electrons. The lowest BCUT2D eigenvalue weighted by molar-refractivity contribution is -0.182. The molecule has 1 N–H and O–H groups in total. The number of nitriles is 1. The minimum absolute atomic E-state index is 0.0827. The van der Waals surface area contributed by atoms with Gasteiger partial charge in [-0.05, 0) is 41.0 Å². The Labute approximate surface area is 230 Å². The third-order valence-electron chi connectivity index (χ3n) is 5.84. The summed E-state index contributed by atoms with van der Waals surface area (Å²) in [4.78, 5) is 30.0. The molecule has 0 bridgehead atoms. The summed E-state index contributed by atoms with van der Waals surface area (Å²) >= 11 is 0. The van der Waals surface area contributed by atoms with Crippen LogP contribution in [0.15, 0.2) is 21.9 Å². The van der Waals surface area contributed by atoms with Gasteiger partial charge in [0.1, 0.15) is 32.4 Å². The highest BCUT2D eigenvalue weighted by molar-refractivity contribution is 7.44. The maximum Gasteiger partial charge on any atom is 0.330 e. The van der Waals surface area contributed by atoms with Gasteiger partial charge in [0.15, 0.2) is 6.23 Å². The topological polar surface area (TPSA) is 142 Å². The van der Waals surface area contributed by atoms with Crippen molar-refractivity contribution in [2.24, 2.45) is 0 Å². The van der Waals surface area contributed by atoms with Gasteiger partial charge in [0.25, 0.3) is 14.1 Å². The lowest BCUT2D eigenvalue weighted by atomic mass is 10.1.